The monoisotopic (exact) mass is 228 g/mol. The van der Waals surface area contributed by atoms with E-state index in [1.165, 1.54) is 0 Å². The third-order valence-electron chi connectivity index (χ3n) is 0.247. The largest absolute Gasteiger partial charge is 0.283 e. The van der Waals surface area contributed by atoms with Crippen LogP contribution in [0.25, 0.3) is 0 Å². The molecule has 0 amide bonds. The van der Waals surface area contributed by atoms with Gasteiger partial charge in [-0.1, -0.05) is 39.1 Å². The van der Waals surface area contributed by atoms with Crippen LogP contribution in [0.4, 0.5) is 4.39 Å². The van der Waals surface area contributed by atoms with Crippen LogP contribution >= 0.6 is 50.7 Å². The summed E-state index contributed by atoms with van der Waals surface area (Å²) in [5.74, 6) is 0. The van der Waals surface area contributed by atoms with E-state index in [1.807, 2.05) is 0 Å². The molecule has 0 heterocycles. The van der Waals surface area contributed by atoms with Gasteiger partial charge in [0.2, 0.25) is 0 Å². The van der Waals surface area contributed by atoms with Crippen LogP contribution in [0, 0.1) is 0 Å². The summed E-state index contributed by atoms with van der Waals surface area (Å²) in [7, 11) is 0. The van der Waals surface area contributed by atoms with Gasteiger partial charge in [0.25, 0.3) is 4.59 Å². The standard InChI is InChI=1S/C2HBrCl3F/c3-1(4)2(5,6)7/h1H. The zero-order valence-electron chi connectivity index (χ0n) is 2.97. The second-order valence-corrected chi connectivity index (χ2v) is 4.02. The maximum absolute atomic E-state index is 11.9. The third-order valence-corrected chi connectivity index (χ3v) is 2.37. The molecule has 0 nitrogen and oxygen atoms in total. The summed E-state index contributed by atoms with van der Waals surface area (Å²) >= 11 is 17.2. The predicted octanol–water partition coefficient (Wildman–Crippen LogP) is 3.05. The lowest BCUT2D eigenvalue weighted by molar-refractivity contribution is 0.418. The van der Waals surface area contributed by atoms with Gasteiger partial charge in [0.1, 0.15) is 0 Å². The van der Waals surface area contributed by atoms with E-state index >= 15 is 0 Å². The molecule has 0 N–H and O–H groups in total. The Morgan fingerprint density at radius 2 is 1.71 bits per heavy atom. The lowest BCUT2D eigenvalue weighted by Crippen LogP contribution is -2.12. The fraction of sp³-hybridized carbons (Fsp3) is 1.00. The molecular weight excluding hydrogens is 229 g/mol. The summed E-state index contributed by atoms with van der Waals surface area (Å²) in [5, 5.41) is 0. The second kappa shape index (κ2) is 2.72. The summed E-state index contributed by atoms with van der Waals surface area (Å²) in [6.45, 7) is 0. The number of halogens is 5. The van der Waals surface area contributed by atoms with E-state index in [0.717, 1.165) is 0 Å². The summed E-state index contributed by atoms with van der Waals surface area (Å²) in [6, 6.07) is 0. The molecule has 0 fully saturated rings. The van der Waals surface area contributed by atoms with Gasteiger partial charge in [-0.25, -0.2) is 4.39 Å². The van der Waals surface area contributed by atoms with Crippen LogP contribution in [0.15, 0.2) is 0 Å². The molecule has 0 aromatic rings. The normalized spacial score (nSPS) is 16.7. The van der Waals surface area contributed by atoms with Gasteiger partial charge in [-0.15, -0.1) is 11.6 Å². The Morgan fingerprint density at radius 3 is 1.71 bits per heavy atom. The highest BCUT2D eigenvalue weighted by molar-refractivity contribution is 9.10. The quantitative estimate of drug-likeness (QED) is 0.607. The maximum atomic E-state index is 11.9. The first-order valence-corrected chi connectivity index (χ1v) is 3.40. The molecule has 0 saturated heterocycles. The lowest BCUT2D eigenvalue weighted by Gasteiger charge is -2.07. The zero-order valence-corrected chi connectivity index (χ0v) is 6.82. The topological polar surface area (TPSA) is 0 Å². The molecule has 1 unspecified atom stereocenters. The lowest BCUT2D eigenvalue weighted by atomic mass is 10.9. The van der Waals surface area contributed by atoms with Crippen molar-refractivity contribution in [3.8, 4) is 0 Å². The van der Waals surface area contributed by atoms with Crippen molar-refractivity contribution in [2.24, 2.45) is 0 Å². The molecule has 0 saturated carbocycles. The highest BCUT2D eigenvalue weighted by Gasteiger charge is 2.30. The summed E-state index contributed by atoms with van der Waals surface area (Å²) in [4.78, 5) is 0. The Hall–Kier alpha value is 1.28. The smallest absolute Gasteiger partial charge is 0.205 e. The fourth-order valence-electron chi connectivity index (χ4n) is 0. The van der Waals surface area contributed by atoms with Crippen LogP contribution in [-0.4, -0.2) is 8.87 Å². The Kier molecular flexibility index (Phi) is 3.21. The Labute approximate surface area is 64.0 Å². The molecular formula is C2HBrCl3F. The van der Waals surface area contributed by atoms with E-state index in [1.54, 1.807) is 0 Å². The summed E-state index contributed by atoms with van der Waals surface area (Å²) in [6.07, 6.45) is 0. The SMILES string of the molecule is FC(Cl)(Cl)C(Cl)Br. The molecule has 0 aliphatic heterocycles. The van der Waals surface area contributed by atoms with E-state index in [2.05, 4.69) is 15.9 Å². The Balaban J connectivity index is 3.54. The van der Waals surface area contributed by atoms with Gasteiger partial charge in [-0.05, 0) is 0 Å². The summed E-state index contributed by atoms with van der Waals surface area (Å²) < 4.78 is 8.44. The van der Waals surface area contributed by atoms with Crippen molar-refractivity contribution in [1.29, 1.82) is 0 Å². The second-order valence-electron chi connectivity index (χ2n) is 0.842. The molecule has 1 atom stereocenters. The van der Waals surface area contributed by atoms with E-state index in [4.69, 9.17) is 34.8 Å². The molecule has 5 heteroatoms. The van der Waals surface area contributed by atoms with Crippen LogP contribution < -0.4 is 0 Å². The first kappa shape index (κ1) is 8.28. The van der Waals surface area contributed by atoms with Gasteiger partial charge in [0, 0.05) is 0 Å². The highest BCUT2D eigenvalue weighted by atomic mass is 79.9. The fourth-order valence-corrected chi connectivity index (χ4v) is 0. The van der Waals surface area contributed by atoms with Crippen molar-refractivity contribution < 1.29 is 4.39 Å². The van der Waals surface area contributed by atoms with Gasteiger partial charge < -0.3 is 0 Å². The maximum Gasteiger partial charge on any atom is 0.283 e. The van der Waals surface area contributed by atoms with Crippen molar-refractivity contribution in [3.05, 3.63) is 0 Å². The molecule has 0 rings (SSSR count). The molecule has 0 radical (unpaired) electrons. The number of hydrogen-bond acceptors (Lipinski definition) is 0. The average molecular weight is 230 g/mol. The van der Waals surface area contributed by atoms with E-state index < -0.39 is 8.87 Å². The van der Waals surface area contributed by atoms with E-state index in [-0.39, 0.29) is 0 Å². The Bertz CT molecular complexity index is 58.4. The van der Waals surface area contributed by atoms with Crippen molar-refractivity contribution >= 4 is 50.7 Å². The van der Waals surface area contributed by atoms with Crippen molar-refractivity contribution in [1.82, 2.24) is 0 Å². The van der Waals surface area contributed by atoms with Gasteiger partial charge in [0.05, 0.1) is 0 Å². The molecule has 7 heavy (non-hydrogen) atoms. The number of rotatable bonds is 1. The molecule has 44 valence electrons. The third kappa shape index (κ3) is 3.83. The molecule has 0 aromatic heterocycles. The molecule has 0 aliphatic rings. The minimum Gasteiger partial charge on any atom is -0.205 e. The van der Waals surface area contributed by atoms with Crippen molar-refractivity contribution in [3.63, 3.8) is 0 Å². The average Bonchev–Trinajstić information content (AvgIpc) is 1.31. The van der Waals surface area contributed by atoms with Gasteiger partial charge in [-0.2, -0.15) is 0 Å². The molecule has 0 bridgehead atoms. The molecule has 0 spiro atoms. The van der Waals surface area contributed by atoms with Crippen LogP contribution in [0.3, 0.4) is 0 Å². The highest BCUT2D eigenvalue weighted by Crippen LogP contribution is 2.34. The number of hydrogen-bond donors (Lipinski definition) is 0. The predicted molar refractivity (Wildman–Crippen MR) is 34.1 cm³/mol. The summed E-state index contributed by atoms with van der Waals surface area (Å²) in [5.41, 5.74) is 0. The minimum absolute atomic E-state index is 1.05. The minimum atomic E-state index is -2.37. The van der Waals surface area contributed by atoms with Gasteiger partial charge >= 0.3 is 0 Å². The van der Waals surface area contributed by atoms with Crippen LogP contribution in [0.1, 0.15) is 0 Å². The van der Waals surface area contributed by atoms with Gasteiger partial charge in [0.15, 0.2) is 4.29 Å². The molecule has 0 aliphatic carbocycles. The van der Waals surface area contributed by atoms with E-state index in [0.29, 0.717) is 0 Å². The van der Waals surface area contributed by atoms with Crippen LogP contribution in [0.5, 0.6) is 0 Å². The first-order chi connectivity index (χ1) is 2.94. The molecule has 0 aromatic carbocycles. The van der Waals surface area contributed by atoms with Crippen LogP contribution in [-0.2, 0) is 0 Å². The number of alkyl halides is 5. The zero-order chi connectivity index (χ0) is 6.08. The Morgan fingerprint density at radius 1 is 1.57 bits per heavy atom. The van der Waals surface area contributed by atoms with Gasteiger partial charge in [-0.3, -0.25) is 0 Å². The van der Waals surface area contributed by atoms with E-state index in [9.17, 15) is 4.39 Å². The van der Waals surface area contributed by atoms with Crippen LogP contribution in [0.2, 0.25) is 0 Å². The van der Waals surface area contributed by atoms with Crippen molar-refractivity contribution in [2.45, 2.75) is 8.87 Å². The first-order valence-electron chi connectivity index (χ1n) is 1.29. The van der Waals surface area contributed by atoms with Crippen molar-refractivity contribution in [2.75, 3.05) is 0 Å².